The molecule has 0 radical (unpaired) electrons. The van der Waals surface area contributed by atoms with Crippen LogP contribution in [0.4, 0.5) is 0 Å². The Labute approximate surface area is 67.1 Å². The van der Waals surface area contributed by atoms with E-state index < -0.39 is 5.41 Å². The summed E-state index contributed by atoms with van der Waals surface area (Å²) >= 11 is 0. The Morgan fingerprint density at radius 3 is 2.55 bits per heavy atom. The van der Waals surface area contributed by atoms with E-state index in [9.17, 15) is 4.79 Å². The lowest BCUT2D eigenvalue weighted by Gasteiger charge is -2.21. The fourth-order valence-electron chi connectivity index (χ4n) is 0.618. The molecule has 0 saturated heterocycles. The summed E-state index contributed by atoms with van der Waals surface area (Å²) in [6.07, 6.45) is 0. The number of carbonyl (C=O) groups is 1. The van der Waals surface area contributed by atoms with E-state index in [0.29, 0.717) is 13.2 Å². The fourth-order valence-corrected chi connectivity index (χ4v) is 0.618. The first kappa shape index (κ1) is 10.4. The molecule has 0 aromatic rings. The Hall–Kier alpha value is -0.610. The van der Waals surface area contributed by atoms with Crippen LogP contribution in [-0.2, 0) is 9.53 Å². The molecule has 0 spiro atoms. The SMILES string of the molecule is CCOCC(C)(C)C(=O)NN. The minimum Gasteiger partial charge on any atom is -0.381 e. The molecule has 0 aromatic heterocycles. The third-order valence-electron chi connectivity index (χ3n) is 1.41. The first-order valence-electron chi connectivity index (χ1n) is 3.63. The average molecular weight is 160 g/mol. The van der Waals surface area contributed by atoms with Crippen LogP contribution in [0.2, 0.25) is 0 Å². The molecule has 1 amide bonds. The zero-order valence-electron chi connectivity index (χ0n) is 7.31. The van der Waals surface area contributed by atoms with Gasteiger partial charge >= 0.3 is 0 Å². The molecule has 3 N–H and O–H groups in total. The highest BCUT2D eigenvalue weighted by atomic mass is 16.5. The van der Waals surface area contributed by atoms with Crippen LogP contribution in [0.15, 0.2) is 0 Å². The lowest BCUT2D eigenvalue weighted by atomic mass is 9.94. The molecule has 0 aliphatic carbocycles. The van der Waals surface area contributed by atoms with Gasteiger partial charge in [-0.3, -0.25) is 10.2 Å². The van der Waals surface area contributed by atoms with E-state index in [-0.39, 0.29) is 5.91 Å². The molecule has 0 rings (SSSR count). The van der Waals surface area contributed by atoms with Gasteiger partial charge in [0.2, 0.25) is 5.91 Å². The van der Waals surface area contributed by atoms with Crippen LogP contribution in [0.1, 0.15) is 20.8 Å². The van der Waals surface area contributed by atoms with Crippen molar-refractivity contribution in [2.45, 2.75) is 20.8 Å². The quantitative estimate of drug-likeness (QED) is 0.346. The Morgan fingerprint density at radius 2 is 2.18 bits per heavy atom. The molecule has 0 heterocycles. The molecule has 0 fully saturated rings. The van der Waals surface area contributed by atoms with Gasteiger partial charge in [0.1, 0.15) is 0 Å². The molecule has 0 aliphatic rings. The predicted octanol–water partition coefficient (Wildman–Crippen LogP) is 0.0390. The summed E-state index contributed by atoms with van der Waals surface area (Å²) in [5.41, 5.74) is 1.56. The summed E-state index contributed by atoms with van der Waals surface area (Å²) in [6.45, 7) is 6.46. The van der Waals surface area contributed by atoms with E-state index in [4.69, 9.17) is 10.6 Å². The number of nitrogens with two attached hydrogens (primary N) is 1. The van der Waals surface area contributed by atoms with Crippen molar-refractivity contribution in [3.63, 3.8) is 0 Å². The first-order valence-corrected chi connectivity index (χ1v) is 3.63. The fraction of sp³-hybridized carbons (Fsp3) is 0.857. The van der Waals surface area contributed by atoms with Crippen LogP contribution < -0.4 is 11.3 Å². The standard InChI is InChI=1S/C7H16N2O2/c1-4-11-5-7(2,3)6(10)9-8/h4-5,8H2,1-3H3,(H,9,10). The van der Waals surface area contributed by atoms with Crippen molar-refractivity contribution >= 4 is 5.91 Å². The van der Waals surface area contributed by atoms with E-state index in [1.807, 2.05) is 6.92 Å². The second-order valence-corrected chi connectivity index (χ2v) is 2.99. The summed E-state index contributed by atoms with van der Waals surface area (Å²) in [5.74, 6) is 4.77. The summed E-state index contributed by atoms with van der Waals surface area (Å²) in [4.78, 5) is 11.0. The van der Waals surface area contributed by atoms with E-state index in [0.717, 1.165) is 0 Å². The van der Waals surface area contributed by atoms with Gasteiger partial charge in [0.05, 0.1) is 12.0 Å². The summed E-state index contributed by atoms with van der Waals surface area (Å²) < 4.78 is 5.10. The molecule has 0 unspecified atom stereocenters. The van der Waals surface area contributed by atoms with Crippen molar-refractivity contribution in [3.05, 3.63) is 0 Å². The molecule has 66 valence electrons. The largest absolute Gasteiger partial charge is 0.381 e. The van der Waals surface area contributed by atoms with Crippen molar-refractivity contribution in [3.8, 4) is 0 Å². The monoisotopic (exact) mass is 160 g/mol. The van der Waals surface area contributed by atoms with Gasteiger partial charge in [-0.15, -0.1) is 0 Å². The van der Waals surface area contributed by atoms with E-state index in [2.05, 4.69) is 5.43 Å². The third-order valence-corrected chi connectivity index (χ3v) is 1.41. The molecule has 4 nitrogen and oxygen atoms in total. The zero-order chi connectivity index (χ0) is 8.91. The lowest BCUT2D eigenvalue weighted by Crippen LogP contribution is -2.43. The van der Waals surface area contributed by atoms with Gasteiger partial charge in [0.15, 0.2) is 0 Å². The van der Waals surface area contributed by atoms with Crippen LogP contribution in [0.3, 0.4) is 0 Å². The number of ether oxygens (including phenoxy) is 1. The number of hydrazine groups is 1. The number of hydrogen-bond donors (Lipinski definition) is 2. The zero-order valence-corrected chi connectivity index (χ0v) is 7.31. The number of carbonyl (C=O) groups excluding carboxylic acids is 1. The third kappa shape index (κ3) is 3.34. The molecule has 4 heteroatoms. The van der Waals surface area contributed by atoms with Crippen LogP contribution in [0, 0.1) is 5.41 Å². The maximum Gasteiger partial charge on any atom is 0.241 e. The smallest absolute Gasteiger partial charge is 0.241 e. The van der Waals surface area contributed by atoms with Gasteiger partial charge in [0.25, 0.3) is 0 Å². The van der Waals surface area contributed by atoms with E-state index in [1.54, 1.807) is 13.8 Å². The van der Waals surface area contributed by atoms with Crippen molar-refractivity contribution in [2.75, 3.05) is 13.2 Å². The van der Waals surface area contributed by atoms with Crippen molar-refractivity contribution in [1.82, 2.24) is 5.43 Å². The highest BCUT2D eigenvalue weighted by Crippen LogP contribution is 2.14. The van der Waals surface area contributed by atoms with Gasteiger partial charge in [0, 0.05) is 6.61 Å². The van der Waals surface area contributed by atoms with E-state index >= 15 is 0 Å². The molecule has 0 bridgehead atoms. The molecule has 0 aromatic carbocycles. The van der Waals surface area contributed by atoms with Gasteiger partial charge < -0.3 is 4.74 Å². The van der Waals surface area contributed by atoms with Crippen molar-refractivity contribution in [1.29, 1.82) is 0 Å². The number of rotatable bonds is 4. The average Bonchev–Trinajstić information content (AvgIpc) is 1.99. The molecule has 11 heavy (non-hydrogen) atoms. The molecular weight excluding hydrogens is 144 g/mol. The topological polar surface area (TPSA) is 64.3 Å². The van der Waals surface area contributed by atoms with Crippen LogP contribution in [0.5, 0.6) is 0 Å². The summed E-state index contributed by atoms with van der Waals surface area (Å²) in [6, 6.07) is 0. The second-order valence-electron chi connectivity index (χ2n) is 2.99. The molecule has 0 saturated carbocycles. The Bertz CT molecular complexity index is 134. The Balaban J connectivity index is 3.88. The number of amides is 1. The Morgan fingerprint density at radius 1 is 1.64 bits per heavy atom. The maximum absolute atomic E-state index is 11.0. The van der Waals surface area contributed by atoms with E-state index in [1.165, 1.54) is 0 Å². The normalized spacial score (nSPS) is 11.3. The second kappa shape index (κ2) is 4.31. The molecule has 0 atom stereocenters. The Kier molecular flexibility index (Phi) is 4.07. The van der Waals surface area contributed by atoms with Crippen molar-refractivity contribution in [2.24, 2.45) is 11.3 Å². The minimum atomic E-state index is -0.537. The van der Waals surface area contributed by atoms with Crippen LogP contribution >= 0.6 is 0 Å². The number of hydrogen-bond acceptors (Lipinski definition) is 3. The minimum absolute atomic E-state index is 0.203. The van der Waals surface area contributed by atoms with Gasteiger partial charge in [-0.05, 0) is 20.8 Å². The maximum atomic E-state index is 11.0. The highest BCUT2D eigenvalue weighted by Gasteiger charge is 2.26. The summed E-state index contributed by atoms with van der Waals surface area (Å²) in [7, 11) is 0. The summed E-state index contributed by atoms with van der Waals surface area (Å²) in [5, 5.41) is 0. The predicted molar refractivity (Wildman–Crippen MR) is 42.6 cm³/mol. The van der Waals surface area contributed by atoms with Crippen molar-refractivity contribution < 1.29 is 9.53 Å². The van der Waals surface area contributed by atoms with Gasteiger partial charge in [-0.2, -0.15) is 0 Å². The van der Waals surface area contributed by atoms with Gasteiger partial charge in [-0.1, -0.05) is 0 Å². The van der Waals surface area contributed by atoms with Crippen LogP contribution in [-0.4, -0.2) is 19.1 Å². The lowest BCUT2D eigenvalue weighted by molar-refractivity contribution is -0.132. The molecular formula is C7H16N2O2. The number of nitrogens with one attached hydrogen (secondary N) is 1. The highest BCUT2D eigenvalue weighted by molar-refractivity contribution is 5.81. The van der Waals surface area contributed by atoms with Crippen LogP contribution in [0.25, 0.3) is 0 Å². The molecule has 0 aliphatic heterocycles. The first-order chi connectivity index (χ1) is 5.04. The van der Waals surface area contributed by atoms with Gasteiger partial charge in [-0.25, -0.2) is 5.84 Å².